The van der Waals surface area contributed by atoms with Crippen molar-refractivity contribution in [3.8, 4) is 0 Å². The average molecular weight is 357 g/mol. The quantitative estimate of drug-likeness (QED) is 0.663. The highest BCUT2D eigenvalue weighted by Crippen LogP contribution is 2.21. The topological polar surface area (TPSA) is 101 Å². The molecular formula is C19H20FN3O3. The second-order valence-corrected chi connectivity index (χ2v) is 5.77. The van der Waals surface area contributed by atoms with Crippen molar-refractivity contribution in [3.63, 3.8) is 0 Å². The van der Waals surface area contributed by atoms with E-state index in [9.17, 15) is 18.8 Å². The number of primary amides is 1. The molecule has 0 heterocycles. The van der Waals surface area contributed by atoms with Crippen LogP contribution in [0.4, 0.5) is 10.1 Å². The molecule has 0 aliphatic rings. The van der Waals surface area contributed by atoms with Crippen molar-refractivity contribution >= 4 is 23.4 Å². The Balaban J connectivity index is 1.84. The SMILES string of the molecule is Cc1c(F)cc(C(N)=O)cc1NC(=O)CCCNC(=O)c1ccccc1. The predicted octanol–water partition coefficient (Wildman–Crippen LogP) is 2.38. The molecule has 7 heteroatoms. The van der Waals surface area contributed by atoms with Crippen LogP contribution in [-0.2, 0) is 4.79 Å². The fourth-order valence-electron chi connectivity index (χ4n) is 2.31. The lowest BCUT2D eigenvalue weighted by molar-refractivity contribution is -0.116. The van der Waals surface area contributed by atoms with Gasteiger partial charge >= 0.3 is 0 Å². The van der Waals surface area contributed by atoms with Crippen molar-refractivity contribution in [2.24, 2.45) is 5.73 Å². The highest BCUT2D eigenvalue weighted by atomic mass is 19.1. The fourth-order valence-corrected chi connectivity index (χ4v) is 2.31. The van der Waals surface area contributed by atoms with Gasteiger partial charge in [0.2, 0.25) is 11.8 Å². The maximum absolute atomic E-state index is 13.8. The number of benzene rings is 2. The van der Waals surface area contributed by atoms with E-state index in [1.807, 2.05) is 6.07 Å². The second-order valence-electron chi connectivity index (χ2n) is 5.77. The van der Waals surface area contributed by atoms with Gasteiger partial charge in [0.05, 0.1) is 0 Å². The molecule has 0 saturated heterocycles. The van der Waals surface area contributed by atoms with Gasteiger partial charge in [0.1, 0.15) is 5.82 Å². The second kappa shape index (κ2) is 8.75. The van der Waals surface area contributed by atoms with E-state index in [4.69, 9.17) is 5.73 Å². The molecule has 2 aromatic carbocycles. The Bertz CT molecular complexity index is 822. The molecule has 6 nitrogen and oxygen atoms in total. The average Bonchev–Trinajstić information content (AvgIpc) is 2.62. The highest BCUT2D eigenvalue weighted by Gasteiger charge is 2.13. The lowest BCUT2D eigenvalue weighted by atomic mass is 10.1. The molecule has 2 aromatic rings. The van der Waals surface area contributed by atoms with Crippen molar-refractivity contribution in [2.45, 2.75) is 19.8 Å². The van der Waals surface area contributed by atoms with E-state index in [-0.39, 0.29) is 35.0 Å². The van der Waals surface area contributed by atoms with Crippen molar-refractivity contribution < 1.29 is 18.8 Å². The number of hydrogen-bond donors (Lipinski definition) is 3. The van der Waals surface area contributed by atoms with Gasteiger partial charge in [-0.15, -0.1) is 0 Å². The summed E-state index contributed by atoms with van der Waals surface area (Å²) in [7, 11) is 0. The van der Waals surface area contributed by atoms with Gasteiger partial charge in [-0.1, -0.05) is 18.2 Å². The molecule has 0 aromatic heterocycles. The van der Waals surface area contributed by atoms with Crippen LogP contribution in [0.2, 0.25) is 0 Å². The number of nitrogens with one attached hydrogen (secondary N) is 2. The highest BCUT2D eigenvalue weighted by molar-refractivity contribution is 5.97. The fraction of sp³-hybridized carbons (Fsp3) is 0.211. The molecule has 0 saturated carbocycles. The minimum atomic E-state index is -0.775. The third-order valence-corrected chi connectivity index (χ3v) is 3.81. The molecular weight excluding hydrogens is 337 g/mol. The van der Waals surface area contributed by atoms with E-state index < -0.39 is 11.7 Å². The lowest BCUT2D eigenvalue weighted by Gasteiger charge is -2.11. The van der Waals surface area contributed by atoms with Crippen LogP contribution in [0.1, 0.15) is 39.1 Å². The first-order valence-corrected chi connectivity index (χ1v) is 8.11. The first-order chi connectivity index (χ1) is 12.4. The van der Waals surface area contributed by atoms with Crippen LogP contribution in [0.5, 0.6) is 0 Å². The third kappa shape index (κ3) is 5.14. The zero-order valence-electron chi connectivity index (χ0n) is 14.3. The van der Waals surface area contributed by atoms with E-state index in [0.717, 1.165) is 6.07 Å². The normalized spacial score (nSPS) is 10.2. The van der Waals surface area contributed by atoms with Crippen LogP contribution in [0, 0.1) is 12.7 Å². The Hall–Kier alpha value is -3.22. The molecule has 0 unspecified atom stereocenters. The minimum Gasteiger partial charge on any atom is -0.366 e. The summed E-state index contributed by atoms with van der Waals surface area (Å²) in [5.74, 6) is -1.95. The van der Waals surface area contributed by atoms with Crippen LogP contribution in [-0.4, -0.2) is 24.3 Å². The van der Waals surface area contributed by atoms with Crippen molar-refractivity contribution in [1.29, 1.82) is 0 Å². The molecule has 0 aliphatic heterocycles. The van der Waals surface area contributed by atoms with Crippen LogP contribution in [0.15, 0.2) is 42.5 Å². The first kappa shape index (κ1) is 19.1. The van der Waals surface area contributed by atoms with E-state index in [0.29, 0.717) is 18.5 Å². The summed E-state index contributed by atoms with van der Waals surface area (Å²) in [4.78, 5) is 35.1. The molecule has 3 amide bonds. The van der Waals surface area contributed by atoms with Crippen molar-refractivity contribution in [3.05, 3.63) is 65.0 Å². The molecule has 0 atom stereocenters. The third-order valence-electron chi connectivity index (χ3n) is 3.81. The number of nitrogens with two attached hydrogens (primary N) is 1. The molecule has 136 valence electrons. The van der Waals surface area contributed by atoms with E-state index in [1.54, 1.807) is 24.3 Å². The van der Waals surface area contributed by atoms with Gasteiger partial charge in [-0.2, -0.15) is 0 Å². The summed E-state index contributed by atoms with van der Waals surface area (Å²) >= 11 is 0. The Morgan fingerprint density at radius 1 is 1.08 bits per heavy atom. The van der Waals surface area contributed by atoms with E-state index in [2.05, 4.69) is 10.6 Å². The van der Waals surface area contributed by atoms with Gasteiger partial charge in [0.25, 0.3) is 5.91 Å². The molecule has 2 rings (SSSR count). The summed E-state index contributed by atoms with van der Waals surface area (Å²) in [6.45, 7) is 1.83. The summed E-state index contributed by atoms with van der Waals surface area (Å²) in [5.41, 5.74) is 6.11. The minimum absolute atomic E-state index is 0.0153. The van der Waals surface area contributed by atoms with E-state index in [1.165, 1.54) is 13.0 Å². The number of anilines is 1. The van der Waals surface area contributed by atoms with Gasteiger partial charge in [0.15, 0.2) is 0 Å². The zero-order chi connectivity index (χ0) is 19.1. The predicted molar refractivity (Wildman–Crippen MR) is 96.3 cm³/mol. The summed E-state index contributed by atoms with van der Waals surface area (Å²) < 4.78 is 13.8. The molecule has 0 fully saturated rings. The largest absolute Gasteiger partial charge is 0.366 e. The van der Waals surface area contributed by atoms with Gasteiger partial charge in [-0.3, -0.25) is 14.4 Å². The zero-order valence-corrected chi connectivity index (χ0v) is 14.3. The number of hydrogen-bond acceptors (Lipinski definition) is 3. The number of rotatable bonds is 7. The Morgan fingerprint density at radius 3 is 2.42 bits per heavy atom. The Morgan fingerprint density at radius 2 is 1.77 bits per heavy atom. The van der Waals surface area contributed by atoms with Crippen molar-refractivity contribution in [2.75, 3.05) is 11.9 Å². The standard InChI is InChI=1S/C19H20FN3O3/c1-12-15(20)10-14(18(21)25)11-16(12)23-17(24)8-5-9-22-19(26)13-6-3-2-4-7-13/h2-4,6-7,10-11H,5,8-9H2,1H3,(H2,21,25)(H,22,26)(H,23,24). The maximum atomic E-state index is 13.8. The van der Waals surface area contributed by atoms with Gasteiger partial charge in [-0.05, 0) is 37.6 Å². The van der Waals surface area contributed by atoms with Crippen LogP contribution in [0.25, 0.3) is 0 Å². The Labute approximate surface area is 150 Å². The Kier molecular flexibility index (Phi) is 6.43. The number of carbonyl (C=O) groups excluding carboxylic acids is 3. The van der Waals surface area contributed by atoms with Crippen LogP contribution < -0.4 is 16.4 Å². The van der Waals surface area contributed by atoms with Crippen molar-refractivity contribution in [1.82, 2.24) is 5.32 Å². The smallest absolute Gasteiger partial charge is 0.251 e. The van der Waals surface area contributed by atoms with Gasteiger partial charge < -0.3 is 16.4 Å². The first-order valence-electron chi connectivity index (χ1n) is 8.11. The van der Waals surface area contributed by atoms with Gasteiger partial charge in [-0.25, -0.2) is 4.39 Å². The lowest BCUT2D eigenvalue weighted by Crippen LogP contribution is -2.25. The number of carbonyl (C=O) groups is 3. The molecule has 26 heavy (non-hydrogen) atoms. The summed E-state index contributed by atoms with van der Waals surface area (Å²) in [5, 5.41) is 5.29. The van der Waals surface area contributed by atoms with E-state index >= 15 is 0 Å². The molecule has 0 spiro atoms. The molecule has 0 bridgehead atoms. The summed E-state index contributed by atoms with van der Waals surface area (Å²) in [6.07, 6.45) is 0.554. The maximum Gasteiger partial charge on any atom is 0.251 e. The van der Waals surface area contributed by atoms with Crippen LogP contribution >= 0.6 is 0 Å². The molecule has 0 aliphatic carbocycles. The number of amides is 3. The molecule has 4 N–H and O–H groups in total. The summed E-state index contributed by atoms with van der Waals surface area (Å²) in [6, 6.07) is 11.1. The molecule has 0 radical (unpaired) electrons. The number of halogens is 1. The van der Waals surface area contributed by atoms with Crippen LogP contribution in [0.3, 0.4) is 0 Å². The monoisotopic (exact) mass is 357 g/mol. The van der Waals surface area contributed by atoms with Gasteiger partial charge in [0, 0.05) is 35.3 Å².